The normalized spacial score (nSPS) is 16.9. The average molecular weight is 375 g/mol. The van der Waals surface area contributed by atoms with E-state index in [9.17, 15) is 9.18 Å². The lowest BCUT2D eigenvalue weighted by molar-refractivity contribution is -0.134. The molecule has 1 amide bonds. The maximum Gasteiger partial charge on any atom is 0.241 e. The summed E-state index contributed by atoms with van der Waals surface area (Å²) in [6.45, 7) is 1.82. The number of nitrogens with zero attached hydrogens (tertiary/aromatic N) is 1. The van der Waals surface area contributed by atoms with E-state index in [1.165, 1.54) is 12.1 Å². The number of rotatable bonds is 3. The molecule has 1 N–H and O–H groups in total. The summed E-state index contributed by atoms with van der Waals surface area (Å²) in [7, 11) is 0. The predicted octanol–water partition coefficient (Wildman–Crippen LogP) is 4.43. The molecule has 0 fully saturated rings. The van der Waals surface area contributed by atoms with E-state index in [4.69, 9.17) is 0 Å². The van der Waals surface area contributed by atoms with Gasteiger partial charge < -0.3 is 0 Å². The number of hydrogen-bond acceptors (Lipinski definition) is 2. The fourth-order valence-corrected chi connectivity index (χ4v) is 2.82. The second-order valence-electron chi connectivity index (χ2n) is 5.31. The summed E-state index contributed by atoms with van der Waals surface area (Å²) in [5, 5.41) is 1.60. The van der Waals surface area contributed by atoms with Gasteiger partial charge in [0.25, 0.3) is 0 Å². The predicted molar refractivity (Wildman–Crippen MR) is 91.5 cm³/mol. The Hall–Kier alpha value is -2.14. The van der Waals surface area contributed by atoms with E-state index in [0.29, 0.717) is 6.42 Å². The van der Waals surface area contributed by atoms with Crippen LogP contribution in [0.5, 0.6) is 0 Å². The molecule has 1 aliphatic rings. The van der Waals surface area contributed by atoms with Crippen molar-refractivity contribution >= 4 is 27.5 Å². The Balaban J connectivity index is 1.96. The standard InChI is InChI=1S/C18H16BrFN2O/c1-2-18(23)22-17(13-5-9-15(20)10-6-13)11-16(21-22)12-3-7-14(19)8-4-12/h3-11,17,21H,2H2,1H3/t17-/m1/s1. The first-order valence-electron chi connectivity index (χ1n) is 7.40. The molecule has 2 aromatic carbocycles. The van der Waals surface area contributed by atoms with Crippen molar-refractivity contribution in [1.82, 2.24) is 10.4 Å². The third-order valence-electron chi connectivity index (χ3n) is 3.78. The first kappa shape index (κ1) is 15.7. The molecule has 23 heavy (non-hydrogen) atoms. The van der Waals surface area contributed by atoms with Crippen molar-refractivity contribution in [2.24, 2.45) is 0 Å². The van der Waals surface area contributed by atoms with Crippen LogP contribution < -0.4 is 5.43 Å². The van der Waals surface area contributed by atoms with Crippen LogP contribution in [0.15, 0.2) is 59.1 Å². The van der Waals surface area contributed by atoms with Gasteiger partial charge in [-0.15, -0.1) is 0 Å². The van der Waals surface area contributed by atoms with Crippen LogP contribution in [0.2, 0.25) is 0 Å². The van der Waals surface area contributed by atoms with Crippen LogP contribution in [0, 0.1) is 5.82 Å². The van der Waals surface area contributed by atoms with E-state index >= 15 is 0 Å². The van der Waals surface area contributed by atoms with Crippen LogP contribution in [0.25, 0.3) is 5.70 Å². The highest BCUT2D eigenvalue weighted by molar-refractivity contribution is 9.10. The van der Waals surface area contributed by atoms with Crippen molar-refractivity contribution in [2.75, 3.05) is 0 Å². The molecule has 0 spiro atoms. The SMILES string of the molecule is CCC(=O)N1NC(c2ccc(Br)cc2)=C[C@@H]1c1ccc(F)cc1. The molecule has 3 nitrogen and oxygen atoms in total. The zero-order valence-electron chi connectivity index (χ0n) is 12.6. The van der Waals surface area contributed by atoms with Gasteiger partial charge in [0.2, 0.25) is 5.91 Å². The lowest BCUT2D eigenvalue weighted by atomic mass is 10.0. The van der Waals surface area contributed by atoms with Crippen LogP contribution in [0.4, 0.5) is 4.39 Å². The molecular weight excluding hydrogens is 359 g/mol. The number of amides is 1. The molecule has 0 unspecified atom stereocenters. The molecule has 5 heteroatoms. The maximum atomic E-state index is 13.2. The number of halogens is 2. The van der Waals surface area contributed by atoms with Crippen LogP contribution in [0.1, 0.15) is 30.5 Å². The Morgan fingerprint density at radius 1 is 1.17 bits per heavy atom. The minimum atomic E-state index is -0.287. The van der Waals surface area contributed by atoms with Gasteiger partial charge in [0.15, 0.2) is 0 Å². The lowest BCUT2D eigenvalue weighted by Crippen LogP contribution is -2.39. The van der Waals surface area contributed by atoms with Crippen molar-refractivity contribution in [2.45, 2.75) is 19.4 Å². The first-order chi connectivity index (χ1) is 11.1. The Morgan fingerprint density at radius 2 is 1.83 bits per heavy atom. The number of hydrazine groups is 1. The summed E-state index contributed by atoms with van der Waals surface area (Å²) < 4.78 is 14.2. The largest absolute Gasteiger partial charge is 0.295 e. The van der Waals surface area contributed by atoms with Gasteiger partial charge in [-0.3, -0.25) is 10.2 Å². The van der Waals surface area contributed by atoms with Crippen molar-refractivity contribution in [3.8, 4) is 0 Å². The lowest BCUT2D eigenvalue weighted by Gasteiger charge is -2.25. The van der Waals surface area contributed by atoms with E-state index in [2.05, 4.69) is 21.4 Å². The minimum Gasteiger partial charge on any atom is -0.295 e. The van der Waals surface area contributed by atoms with E-state index in [-0.39, 0.29) is 17.8 Å². The van der Waals surface area contributed by atoms with Crippen molar-refractivity contribution in [1.29, 1.82) is 0 Å². The fourth-order valence-electron chi connectivity index (χ4n) is 2.55. The van der Waals surface area contributed by atoms with E-state index in [1.807, 2.05) is 37.3 Å². The second-order valence-corrected chi connectivity index (χ2v) is 6.23. The third-order valence-corrected chi connectivity index (χ3v) is 4.31. The zero-order chi connectivity index (χ0) is 16.4. The molecule has 1 aliphatic heterocycles. The molecule has 0 bridgehead atoms. The highest BCUT2D eigenvalue weighted by Gasteiger charge is 2.29. The Bertz CT molecular complexity index is 741. The van der Waals surface area contributed by atoms with Crippen molar-refractivity contribution < 1.29 is 9.18 Å². The smallest absolute Gasteiger partial charge is 0.241 e. The van der Waals surface area contributed by atoms with E-state index < -0.39 is 0 Å². The molecule has 0 saturated heterocycles. The van der Waals surface area contributed by atoms with Crippen LogP contribution >= 0.6 is 15.9 Å². The van der Waals surface area contributed by atoms with Gasteiger partial charge in [-0.25, -0.2) is 9.40 Å². The van der Waals surface area contributed by atoms with Gasteiger partial charge in [-0.2, -0.15) is 0 Å². The molecule has 118 valence electrons. The maximum absolute atomic E-state index is 13.2. The summed E-state index contributed by atoms with van der Waals surface area (Å²) in [5.41, 5.74) is 5.91. The molecule has 1 heterocycles. The van der Waals surface area contributed by atoms with Crippen LogP contribution in [-0.4, -0.2) is 10.9 Å². The Kier molecular flexibility index (Phi) is 4.48. The number of nitrogens with one attached hydrogen (secondary N) is 1. The Labute approximate surface area is 142 Å². The first-order valence-corrected chi connectivity index (χ1v) is 8.19. The van der Waals surface area contributed by atoms with E-state index in [0.717, 1.165) is 21.3 Å². The summed E-state index contributed by atoms with van der Waals surface area (Å²) >= 11 is 3.42. The number of carbonyl (C=O) groups is 1. The fraction of sp³-hybridized carbons (Fsp3) is 0.167. The average Bonchev–Trinajstić information content (AvgIpc) is 3.00. The van der Waals surface area contributed by atoms with Gasteiger partial charge in [-0.05, 0) is 41.5 Å². The summed E-state index contributed by atoms with van der Waals surface area (Å²) in [6.07, 6.45) is 2.39. The van der Waals surface area contributed by atoms with Crippen molar-refractivity contribution in [3.63, 3.8) is 0 Å². The van der Waals surface area contributed by atoms with Gasteiger partial charge in [0.1, 0.15) is 5.82 Å². The quantitative estimate of drug-likeness (QED) is 0.861. The summed E-state index contributed by atoms with van der Waals surface area (Å²) in [5.74, 6) is -0.298. The van der Waals surface area contributed by atoms with Gasteiger partial charge >= 0.3 is 0 Å². The highest BCUT2D eigenvalue weighted by atomic mass is 79.9. The van der Waals surface area contributed by atoms with E-state index in [1.54, 1.807) is 17.1 Å². The van der Waals surface area contributed by atoms with Crippen LogP contribution in [0.3, 0.4) is 0 Å². The molecule has 2 aromatic rings. The number of carbonyl (C=O) groups excluding carboxylic acids is 1. The third kappa shape index (κ3) is 3.29. The van der Waals surface area contributed by atoms with Crippen LogP contribution in [-0.2, 0) is 4.79 Å². The monoisotopic (exact) mass is 374 g/mol. The van der Waals surface area contributed by atoms with Gasteiger partial charge in [0, 0.05) is 10.9 Å². The number of hydrogen-bond donors (Lipinski definition) is 1. The van der Waals surface area contributed by atoms with Crippen molar-refractivity contribution in [3.05, 3.63) is 76.0 Å². The second kappa shape index (κ2) is 6.54. The molecule has 1 atom stereocenters. The Morgan fingerprint density at radius 3 is 2.43 bits per heavy atom. The topological polar surface area (TPSA) is 32.3 Å². The molecule has 0 aromatic heterocycles. The molecule has 0 aliphatic carbocycles. The number of benzene rings is 2. The van der Waals surface area contributed by atoms with Gasteiger partial charge in [-0.1, -0.05) is 47.1 Å². The van der Waals surface area contributed by atoms with Gasteiger partial charge in [0.05, 0.1) is 11.7 Å². The summed E-state index contributed by atoms with van der Waals surface area (Å²) in [4.78, 5) is 12.2. The molecular formula is C18H16BrFN2O. The minimum absolute atomic E-state index is 0.0114. The highest BCUT2D eigenvalue weighted by Crippen LogP contribution is 2.32. The molecule has 0 radical (unpaired) electrons. The molecule has 3 rings (SSSR count). The zero-order valence-corrected chi connectivity index (χ0v) is 14.2. The summed E-state index contributed by atoms with van der Waals surface area (Å²) in [6, 6.07) is 13.9. The molecule has 0 saturated carbocycles.